The van der Waals surface area contributed by atoms with Gasteiger partial charge in [0.15, 0.2) is 17.5 Å². The molecular weight excluding hydrogens is 430 g/mol. The van der Waals surface area contributed by atoms with Crippen LogP contribution in [0.15, 0.2) is 119 Å². The van der Waals surface area contributed by atoms with Crippen LogP contribution in [0.5, 0.6) is 0 Å². The van der Waals surface area contributed by atoms with Crippen LogP contribution in [-0.2, 0) is 0 Å². The van der Waals surface area contributed by atoms with E-state index in [1.807, 2.05) is 42.5 Å². The molecule has 0 aliphatic heterocycles. The van der Waals surface area contributed by atoms with E-state index in [0.717, 1.165) is 21.5 Å². The lowest BCUT2D eigenvalue weighted by Gasteiger charge is -2.08. The van der Waals surface area contributed by atoms with Crippen LogP contribution in [0, 0.1) is 0 Å². The minimum absolute atomic E-state index is 0.0529. The number of fused-ring (bicyclic) bond motifs is 4. The first-order valence-corrected chi connectivity index (χ1v) is 10.7. The molecule has 5 aromatic carbocycles. The van der Waals surface area contributed by atoms with E-state index < -0.39 is 60.4 Å². The van der Waals surface area contributed by atoms with Crippen molar-refractivity contribution in [2.75, 3.05) is 0 Å². The van der Waals surface area contributed by atoms with E-state index in [1.54, 1.807) is 12.1 Å². The fraction of sp³-hybridized carbons (Fsp3) is 0. The fourth-order valence-corrected chi connectivity index (χ4v) is 4.10. The third-order valence-electron chi connectivity index (χ3n) is 5.69. The van der Waals surface area contributed by atoms with E-state index in [1.165, 1.54) is 0 Å². The average Bonchev–Trinajstić information content (AvgIpc) is 3.41. The Kier molecular flexibility index (Phi) is 2.71. The molecule has 0 saturated carbocycles. The molecule has 4 heteroatoms. The average molecular weight is 460 g/mol. The second-order valence-corrected chi connectivity index (χ2v) is 7.79. The molecule has 0 N–H and O–H groups in total. The molecule has 0 amide bonds. The number of hydrogen-bond donors (Lipinski definition) is 0. The second-order valence-electron chi connectivity index (χ2n) is 7.79. The van der Waals surface area contributed by atoms with Gasteiger partial charge < -0.3 is 4.42 Å². The van der Waals surface area contributed by atoms with Crippen molar-refractivity contribution in [1.29, 1.82) is 0 Å². The van der Waals surface area contributed by atoms with Crippen molar-refractivity contribution in [2.45, 2.75) is 0 Å². The zero-order chi connectivity index (χ0) is 31.9. The van der Waals surface area contributed by atoms with Gasteiger partial charge in [0.2, 0.25) is 0 Å². The van der Waals surface area contributed by atoms with E-state index in [4.69, 9.17) is 18.1 Å². The van der Waals surface area contributed by atoms with Crippen molar-refractivity contribution in [1.82, 2.24) is 15.0 Å². The highest BCUT2D eigenvalue weighted by Crippen LogP contribution is 2.37. The Hall–Kier alpha value is -4.83. The van der Waals surface area contributed by atoms with Crippen LogP contribution in [0.25, 0.3) is 66.9 Å². The minimum Gasteiger partial charge on any atom is -0.455 e. The number of para-hydroxylation sites is 1. The Morgan fingerprint density at radius 1 is 0.571 bits per heavy atom. The van der Waals surface area contributed by atoms with Gasteiger partial charge in [-0.15, -0.1) is 0 Å². The summed E-state index contributed by atoms with van der Waals surface area (Å²) in [7, 11) is 0. The summed E-state index contributed by atoms with van der Waals surface area (Å²) in [6.07, 6.45) is 0. The van der Waals surface area contributed by atoms with Crippen molar-refractivity contribution in [2.24, 2.45) is 0 Å². The first kappa shape index (κ1) is 12.0. The van der Waals surface area contributed by atoms with Crippen LogP contribution in [0.2, 0.25) is 0 Å². The molecular formula is C31H19N3O. The molecule has 7 rings (SSSR count). The maximum atomic E-state index is 8.53. The molecule has 0 radical (unpaired) electrons. The van der Waals surface area contributed by atoms with Crippen LogP contribution >= 0.6 is 0 Å². The molecule has 35 heavy (non-hydrogen) atoms. The zero-order valence-corrected chi connectivity index (χ0v) is 17.9. The quantitative estimate of drug-likeness (QED) is 0.269. The molecule has 4 nitrogen and oxygen atoms in total. The molecule has 0 atom stereocenters. The van der Waals surface area contributed by atoms with Crippen LogP contribution in [0.1, 0.15) is 13.7 Å². The summed E-state index contributed by atoms with van der Waals surface area (Å²) < 4.78 is 89.1. The minimum atomic E-state index is -0.608. The first-order valence-electron chi connectivity index (χ1n) is 15.7. The Balaban J connectivity index is 1.58. The number of aromatic nitrogens is 3. The lowest BCUT2D eigenvalue weighted by atomic mass is 10.0. The van der Waals surface area contributed by atoms with Gasteiger partial charge in [-0.3, -0.25) is 0 Å². The van der Waals surface area contributed by atoms with Crippen LogP contribution in [-0.4, -0.2) is 15.0 Å². The van der Waals surface area contributed by atoms with E-state index >= 15 is 0 Å². The van der Waals surface area contributed by atoms with Crippen LogP contribution < -0.4 is 0 Å². The fourth-order valence-electron chi connectivity index (χ4n) is 4.10. The van der Waals surface area contributed by atoms with Crippen molar-refractivity contribution < 1.29 is 18.1 Å². The third kappa shape index (κ3) is 3.35. The molecule has 2 heterocycles. The van der Waals surface area contributed by atoms with Gasteiger partial charge in [-0.1, -0.05) is 96.8 Å². The molecule has 0 aliphatic rings. The van der Waals surface area contributed by atoms with E-state index in [2.05, 4.69) is 15.0 Å². The van der Waals surface area contributed by atoms with Gasteiger partial charge in [0, 0.05) is 21.9 Å². The van der Waals surface area contributed by atoms with E-state index in [9.17, 15) is 0 Å². The Morgan fingerprint density at radius 2 is 1.17 bits per heavy atom. The number of furan rings is 1. The summed E-state index contributed by atoms with van der Waals surface area (Å²) in [4.78, 5) is 13.4. The highest BCUT2D eigenvalue weighted by molar-refractivity contribution is 6.12. The molecule has 0 fully saturated rings. The molecule has 0 unspecified atom stereocenters. The SMILES string of the molecule is [2H]c1c([2H])c([2H])c(-c2nc(-c3c([2H])c([2H])c([2H])c([2H])c3[2H])nc(-c3cccc4c3oc3cc5ccccc5cc34)n2)c([2H])c1[2H]. The van der Waals surface area contributed by atoms with Gasteiger partial charge in [0.25, 0.3) is 0 Å². The smallest absolute Gasteiger partial charge is 0.167 e. The third-order valence-corrected chi connectivity index (χ3v) is 5.69. The summed E-state index contributed by atoms with van der Waals surface area (Å²) in [5.41, 5.74) is 0.690. The van der Waals surface area contributed by atoms with E-state index in [0.29, 0.717) is 16.7 Å². The standard InChI is InChI=1S/C31H19N3O/c1-3-10-20(11-4-1)29-32-30(21-12-5-2-6-13-21)34-31(33-29)25-17-9-16-24-26-18-22-14-7-8-15-23(22)19-27(26)35-28(24)25/h1-19H/i1D,2D,3D,4D,5D,6D,10D,11D,12D,13D. The Labute approximate surface area is 215 Å². The summed E-state index contributed by atoms with van der Waals surface area (Å²) in [5.74, 6) is -0.724. The van der Waals surface area contributed by atoms with E-state index in [-0.39, 0.29) is 28.6 Å². The maximum absolute atomic E-state index is 8.53. The Bertz CT molecular complexity index is 2260. The molecule has 7 aromatic rings. The number of benzene rings is 5. The number of nitrogens with zero attached hydrogens (tertiary/aromatic N) is 3. The summed E-state index contributed by atoms with van der Waals surface area (Å²) in [5, 5.41) is 3.54. The van der Waals surface area contributed by atoms with Crippen molar-refractivity contribution >= 4 is 32.7 Å². The lowest BCUT2D eigenvalue weighted by molar-refractivity contribution is 0.670. The number of hydrogen-bond acceptors (Lipinski definition) is 4. The lowest BCUT2D eigenvalue weighted by Crippen LogP contribution is -2.00. The molecule has 0 saturated heterocycles. The van der Waals surface area contributed by atoms with Gasteiger partial charge in [-0.05, 0) is 29.0 Å². The summed E-state index contributed by atoms with van der Waals surface area (Å²) >= 11 is 0. The molecule has 0 bridgehead atoms. The topological polar surface area (TPSA) is 51.8 Å². The number of rotatable bonds is 3. The van der Waals surface area contributed by atoms with Crippen LogP contribution in [0.4, 0.5) is 0 Å². The van der Waals surface area contributed by atoms with Gasteiger partial charge in [0.1, 0.15) is 11.2 Å². The normalized spacial score (nSPS) is 15.4. The predicted octanol–water partition coefficient (Wildman–Crippen LogP) is 7.93. The highest BCUT2D eigenvalue weighted by Gasteiger charge is 2.17. The summed E-state index contributed by atoms with van der Waals surface area (Å²) in [6, 6.07) is 11.1. The molecule has 0 spiro atoms. The van der Waals surface area contributed by atoms with Crippen LogP contribution in [0.3, 0.4) is 0 Å². The predicted molar refractivity (Wildman–Crippen MR) is 141 cm³/mol. The monoisotopic (exact) mass is 459 g/mol. The highest BCUT2D eigenvalue weighted by atomic mass is 16.3. The first-order chi connectivity index (χ1) is 21.5. The largest absolute Gasteiger partial charge is 0.455 e. The van der Waals surface area contributed by atoms with Crippen molar-refractivity contribution in [3.63, 3.8) is 0 Å². The van der Waals surface area contributed by atoms with Gasteiger partial charge in [-0.2, -0.15) is 0 Å². The molecule has 2 aromatic heterocycles. The second kappa shape index (κ2) is 7.89. The molecule has 164 valence electrons. The maximum Gasteiger partial charge on any atom is 0.167 e. The van der Waals surface area contributed by atoms with Gasteiger partial charge in [0.05, 0.1) is 19.3 Å². The van der Waals surface area contributed by atoms with Crippen molar-refractivity contribution in [3.05, 3.63) is 115 Å². The Morgan fingerprint density at radius 3 is 1.83 bits per heavy atom. The molecule has 0 aliphatic carbocycles. The van der Waals surface area contributed by atoms with Crippen molar-refractivity contribution in [3.8, 4) is 34.2 Å². The van der Waals surface area contributed by atoms with Gasteiger partial charge in [-0.25, -0.2) is 15.0 Å². The zero-order valence-electron chi connectivity index (χ0n) is 27.9. The summed E-state index contributed by atoms with van der Waals surface area (Å²) in [6.45, 7) is 0. The van der Waals surface area contributed by atoms with Gasteiger partial charge >= 0.3 is 0 Å².